The van der Waals surface area contributed by atoms with Crippen molar-refractivity contribution in [2.45, 2.75) is 6.42 Å². The summed E-state index contributed by atoms with van der Waals surface area (Å²) in [5, 5.41) is 0.891. The van der Waals surface area contributed by atoms with Crippen molar-refractivity contribution in [3.63, 3.8) is 0 Å². The lowest BCUT2D eigenvalue weighted by molar-refractivity contribution is 0.0606. The number of hydrogen-bond acceptors (Lipinski definition) is 5. The van der Waals surface area contributed by atoms with Crippen LogP contribution in [0.1, 0.15) is 14.7 Å². The van der Waals surface area contributed by atoms with Crippen molar-refractivity contribution in [2.75, 3.05) is 20.8 Å². The Balaban J connectivity index is 2.58. The topological polar surface area (TPSA) is 48.4 Å². The van der Waals surface area contributed by atoms with E-state index < -0.39 is 0 Å². The molecule has 1 heterocycles. The summed E-state index contributed by atoms with van der Waals surface area (Å²) in [7, 11) is 2.99. The van der Waals surface area contributed by atoms with E-state index in [1.165, 1.54) is 24.6 Å². The molecule has 0 aliphatic rings. The highest BCUT2D eigenvalue weighted by Gasteiger charge is 2.09. The molecule has 1 aromatic rings. The van der Waals surface area contributed by atoms with Gasteiger partial charge in [0, 0.05) is 13.5 Å². The van der Waals surface area contributed by atoms with Gasteiger partial charge in [-0.15, -0.1) is 11.3 Å². The minimum Gasteiger partial charge on any atom is -0.465 e. The number of thiazole rings is 1. The van der Waals surface area contributed by atoms with E-state index in [1.807, 2.05) is 0 Å². The number of ether oxygens (including phenoxy) is 2. The van der Waals surface area contributed by atoms with Crippen LogP contribution in [0.5, 0.6) is 0 Å². The highest BCUT2D eigenvalue weighted by Crippen LogP contribution is 2.14. The molecule has 0 spiro atoms. The van der Waals surface area contributed by atoms with Crippen molar-refractivity contribution in [3.8, 4) is 0 Å². The number of rotatable bonds is 4. The lowest BCUT2D eigenvalue weighted by Gasteiger charge is -1.93. The maximum absolute atomic E-state index is 11.0. The van der Waals surface area contributed by atoms with Crippen molar-refractivity contribution in [1.82, 2.24) is 4.98 Å². The van der Waals surface area contributed by atoms with Gasteiger partial charge in [0.2, 0.25) is 0 Å². The van der Waals surface area contributed by atoms with Crippen LogP contribution in [0.3, 0.4) is 0 Å². The Labute approximate surface area is 80.5 Å². The fourth-order valence-corrected chi connectivity index (χ4v) is 1.63. The van der Waals surface area contributed by atoms with E-state index >= 15 is 0 Å². The van der Waals surface area contributed by atoms with Crippen molar-refractivity contribution >= 4 is 17.3 Å². The molecule has 4 nitrogen and oxygen atoms in total. The van der Waals surface area contributed by atoms with Crippen molar-refractivity contribution in [1.29, 1.82) is 0 Å². The molecule has 0 radical (unpaired) electrons. The Hall–Kier alpha value is -0.940. The lowest BCUT2D eigenvalue weighted by atomic mass is 10.5. The van der Waals surface area contributed by atoms with Crippen LogP contribution in [0, 0.1) is 0 Å². The molecule has 0 amide bonds. The van der Waals surface area contributed by atoms with Gasteiger partial charge in [-0.25, -0.2) is 9.78 Å². The molecule has 0 aliphatic heterocycles. The minimum absolute atomic E-state index is 0.332. The summed E-state index contributed by atoms with van der Waals surface area (Å²) in [6.07, 6.45) is 2.26. The molecule has 5 heteroatoms. The Morgan fingerprint density at radius 3 is 3.00 bits per heavy atom. The third-order valence-electron chi connectivity index (χ3n) is 1.46. The Morgan fingerprint density at radius 1 is 1.62 bits per heavy atom. The normalized spacial score (nSPS) is 10.0. The van der Waals surface area contributed by atoms with Crippen LogP contribution in [0.25, 0.3) is 0 Å². The first-order valence-electron chi connectivity index (χ1n) is 3.80. The molecule has 0 aromatic carbocycles. The Bertz CT molecular complexity index is 285. The molecule has 0 unspecified atom stereocenters. The fraction of sp³-hybridized carbons (Fsp3) is 0.500. The zero-order chi connectivity index (χ0) is 9.68. The summed E-state index contributed by atoms with van der Waals surface area (Å²) in [5.74, 6) is -0.332. The molecule has 1 rings (SSSR count). The summed E-state index contributed by atoms with van der Waals surface area (Å²) in [6.45, 7) is 0.619. The molecule has 1 aromatic heterocycles. The zero-order valence-electron chi connectivity index (χ0n) is 7.57. The lowest BCUT2D eigenvalue weighted by Crippen LogP contribution is -1.96. The van der Waals surface area contributed by atoms with Crippen LogP contribution in [0.4, 0.5) is 0 Å². The summed E-state index contributed by atoms with van der Waals surface area (Å²) < 4.78 is 9.45. The predicted molar refractivity (Wildman–Crippen MR) is 49.0 cm³/mol. The molecule has 13 heavy (non-hydrogen) atoms. The van der Waals surface area contributed by atoms with E-state index in [0.717, 1.165) is 11.4 Å². The van der Waals surface area contributed by atoms with Crippen LogP contribution < -0.4 is 0 Å². The van der Waals surface area contributed by atoms with Crippen LogP contribution in [0.15, 0.2) is 6.20 Å². The van der Waals surface area contributed by atoms with Gasteiger partial charge in [0.15, 0.2) is 0 Å². The first kappa shape index (κ1) is 10.1. The van der Waals surface area contributed by atoms with E-state index in [4.69, 9.17) is 4.74 Å². The van der Waals surface area contributed by atoms with Gasteiger partial charge in [-0.1, -0.05) is 0 Å². The first-order chi connectivity index (χ1) is 6.27. The number of aromatic nitrogens is 1. The highest BCUT2D eigenvalue weighted by atomic mass is 32.1. The zero-order valence-corrected chi connectivity index (χ0v) is 8.39. The maximum Gasteiger partial charge on any atom is 0.349 e. The number of hydrogen-bond donors (Lipinski definition) is 0. The Kier molecular flexibility index (Phi) is 3.85. The van der Waals surface area contributed by atoms with E-state index in [-0.39, 0.29) is 5.97 Å². The first-order valence-corrected chi connectivity index (χ1v) is 4.61. The molecule has 0 saturated carbocycles. The third kappa shape index (κ3) is 2.78. The second kappa shape index (κ2) is 4.94. The fourth-order valence-electron chi connectivity index (χ4n) is 0.810. The summed E-state index contributed by atoms with van der Waals surface area (Å²) >= 11 is 1.34. The number of esters is 1. The second-order valence-corrected chi connectivity index (χ2v) is 3.47. The SMILES string of the molecule is COCCc1ncc(C(=O)OC)s1. The average Bonchev–Trinajstić information content (AvgIpc) is 2.62. The van der Waals surface area contributed by atoms with Gasteiger partial charge < -0.3 is 9.47 Å². The number of carbonyl (C=O) groups excluding carboxylic acids is 1. The van der Waals surface area contributed by atoms with Crippen molar-refractivity contribution in [2.24, 2.45) is 0 Å². The van der Waals surface area contributed by atoms with E-state index in [1.54, 1.807) is 7.11 Å². The van der Waals surface area contributed by atoms with Crippen LogP contribution >= 0.6 is 11.3 Å². The molecule has 72 valence electrons. The number of nitrogens with zero attached hydrogens (tertiary/aromatic N) is 1. The molecule has 0 fully saturated rings. The highest BCUT2D eigenvalue weighted by molar-refractivity contribution is 7.13. The van der Waals surface area contributed by atoms with E-state index in [2.05, 4.69) is 9.72 Å². The van der Waals surface area contributed by atoms with Gasteiger partial charge in [0.05, 0.1) is 24.9 Å². The van der Waals surface area contributed by atoms with Crippen molar-refractivity contribution in [3.05, 3.63) is 16.1 Å². The molecule has 0 N–H and O–H groups in total. The van der Waals surface area contributed by atoms with Gasteiger partial charge in [-0.05, 0) is 0 Å². The molecule has 0 aliphatic carbocycles. The van der Waals surface area contributed by atoms with Gasteiger partial charge in [-0.2, -0.15) is 0 Å². The van der Waals surface area contributed by atoms with Gasteiger partial charge >= 0.3 is 5.97 Å². The second-order valence-electron chi connectivity index (χ2n) is 2.35. The molecule has 0 saturated heterocycles. The standard InChI is InChI=1S/C8H11NO3S/c1-11-4-3-7-9-5-6(13-7)8(10)12-2/h5H,3-4H2,1-2H3. The summed E-state index contributed by atoms with van der Waals surface area (Å²) in [6, 6.07) is 0. The largest absolute Gasteiger partial charge is 0.465 e. The number of carbonyl (C=O) groups is 1. The van der Waals surface area contributed by atoms with Crippen molar-refractivity contribution < 1.29 is 14.3 Å². The summed E-state index contributed by atoms with van der Waals surface area (Å²) in [4.78, 5) is 15.6. The van der Waals surface area contributed by atoms with E-state index in [9.17, 15) is 4.79 Å². The third-order valence-corrected chi connectivity index (χ3v) is 2.50. The minimum atomic E-state index is -0.332. The average molecular weight is 201 g/mol. The maximum atomic E-state index is 11.0. The molecule has 0 atom stereocenters. The summed E-state index contributed by atoms with van der Waals surface area (Å²) in [5.41, 5.74) is 0. The van der Waals surface area contributed by atoms with Gasteiger partial charge in [0.1, 0.15) is 4.88 Å². The smallest absolute Gasteiger partial charge is 0.349 e. The molecule has 0 bridgehead atoms. The number of methoxy groups -OCH3 is 2. The molecular formula is C8H11NO3S. The molecular weight excluding hydrogens is 190 g/mol. The van der Waals surface area contributed by atoms with E-state index in [0.29, 0.717) is 11.5 Å². The van der Waals surface area contributed by atoms with Crippen LogP contribution in [-0.4, -0.2) is 31.8 Å². The van der Waals surface area contributed by atoms with Gasteiger partial charge in [-0.3, -0.25) is 0 Å². The Morgan fingerprint density at radius 2 is 2.38 bits per heavy atom. The monoisotopic (exact) mass is 201 g/mol. The quantitative estimate of drug-likeness (QED) is 0.685. The predicted octanol–water partition coefficient (Wildman–Crippen LogP) is 1.12. The van der Waals surface area contributed by atoms with Crippen LogP contribution in [0.2, 0.25) is 0 Å². The van der Waals surface area contributed by atoms with Crippen LogP contribution in [-0.2, 0) is 15.9 Å². The van der Waals surface area contributed by atoms with Gasteiger partial charge in [0.25, 0.3) is 0 Å².